The molecule has 2 aromatic rings. The molecule has 0 radical (unpaired) electrons. The Labute approximate surface area is 250 Å². The van der Waals surface area contributed by atoms with Crippen molar-refractivity contribution in [1.82, 2.24) is 10.2 Å². The third-order valence-corrected chi connectivity index (χ3v) is 8.24. The topological polar surface area (TPSA) is 97.3 Å². The molecule has 2 fully saturated rings. The fraction of sp³-hybridized carbons (Fsp3) is 0.588. The van der Waals surface area contributed by atoms with Crippen LogP contribution in [0.15, 0.2) is 42.5 Å². The number of amides is 1. The number of nitrogens with one attached hydrogen (secondary N) is 1. The van der Waals surface area contributed by atoms with Crippen molar-refractivity contribution in [3.63, 3.8) is 0 Å². The normalized spacial score (nSPS) is 17.2. The monoisotopic (exact) mass is 580 g/mol. The lowest BCUT2D eigenvalue weighted by Gasteiger charge is -2.32. The fourth-order valence-electron chi connectivity index (χ4n) is 5.48. The van der Waals surface area contributed by atoms with Gasteiger partial charge in [-0.05, 0) is 92.3 Å². The van der Waals surface area contributed by atoms with E-state index in [0.717, 1.165) is 49.1 Å². The molecule has 1 heterocycles. The van der Waals surface area contributed by atoms with Gasteiger partial charge in [0.1, 0.15) is 25.1 Å². The van der Waals surface area contributed by atoms with E-state index in [1.165, 1.54) is 25.7 Å². The van der Waals surface area contributed by atoms with Crippen LogP contribution in [0.25, 0.3) is 0 Å². The minimum atomic E-state index is -0.863. The number of ketones is 1. The van der Waals surface area contributed by atoms with E-state index in [0.29, 0.717) is 56.1 Å². The Morgan fingerprint density at radius 2 is 1.57 bits per heavy atom. The summed E-state index contributed by atoms with van der Waals surface area (Å²) in [6, 6.07) is 12.3. The van der Waals surface area contributed by atoms with Gasteiger partial charge >= 0.3 is 0 Å². The maximum absolute atomic E-state index is 13.1. The van der Waals surface area contributed by atoms with Crippen LogP contribution in [-0.4, -0.2) is 67.7 Å². The lowest BCUT2D eigenvalue weighted by atomic mass is 10.00. The van der Waals surface area contributed by atoms with Gasteiger partial charge in [0.05, 0.1) is 13.2 Å². The van der Waals surface area contributed by atoms with Gasteiger partial charge in [-0.15, -0.1) is 0 Å². The third-order valence-electron chi connectivity index (χ3n) is 8.24. The van der Waals surface area contributed by atoms with Gasteiger partial charge in [0.25, 0.3) is 0 Å². The Morgan fingerprint density at radius 1 is 0.929 bits per heavy atom. The van der Waals surface area contributed by atoms with Gasteiger partial charge in [0.15, 0.2) is 17.3 Å². The lowest BCUT2D eigenvalue weighted by Crippen LogP contribution is -2.48. The van der Waals surface area contributed by atoms with Crippen LogP contribution in [0.2, 0.25) is 0 Å². The highest BCUT2D eigenvalue weighted by atomic mass is 16.6. The Balaban J connectivity index is 0.00000405. The van der Waals surface area contributed by atoms with Crippen molar-refractivity contribution in [3.8, 4) is 17.2 Å². The number of Topliss-reactive ketones (excluding diaryl/α,β-unsaturated/α-hetero) is 1. The summed E-state index contributed by atoms with van der Waals surface area (Å²) < 4.78 is 16.6. The Kier molecular flexibility index (Phi) is 11.7. The largest absolute Gasteiger partial charge is 0.497 e. The molecule has 0 aromatic heterocycles. The van der Waals surface area contributed by atoms with E-state index in [4.69, 9.17) is 14.2 Å². The van der Waals surface area contributed by atoms with E-state index in [-0.39, 0.29) is 19.1 Å². The van der Waals surface area contributed by atoms with Crippen molar-refractivity contribution in [2.24, 2.45) is 11.8 Å². The minimum absolute atomic E-state index is 0. The molecule has 2 N–H and O–H groups in total. The molecular formula is C34H48N2O6. The van der Waals surface area contributed by atoms with Crippen LogP contribution < -0.4 is 19.5 Å². The summed E-state index contributed by atoms with van der Waals surface area (Å²) in [7, 11) is 1.60. The average Bonchev–Trinajstić information content (AvgIpc) is 3.94. The van der Waals surface area contributed by atoms with Gasteiger partial charge in [-0.25, -0.2) is 0 Å². The predicted molar refractivity (Wildman–Crippen MR) is 163 cm³/mol. The first kappa shape index (κ1) is 31.8. The number of methoxy groups -OCH3 is 1. The molecule has 0 unspecified atom stereocenters. The third kappa shape index (κ3) is 9.46. The average molecular weight is 581 g/mol. The smallest absolute Gasteiger partial charge is 0.220 e. The highest BCUT2D eigenvalue weighted by molar-refractivity contribution is 5.96. The molecule has 8 nitrogen and oxygen atoms in total. The van der Waals surface area contributed by atoms with E-state index in [2.05, 4.69) is 10.2 Å². The number of aliphatic hydroxyl groups excluding tert-OH is 1. The molecule has 0 spiro atoms. The molecule has 1 amide bonds. The van der Waals surface area contributed by atoms with Crippen molar-refractivity contribution in [3.05, 3.63) is 53.6 Å². The standard InChI is InChI=1S/C33H44N2O6.CH4/c1-39-27-14-11-25(12-15-27)29(36)5-3-2-4-6-32(37)34-28(22-35(20-23-7-8-23)21-24-9-10-24)33(38)26-13-16-30-31(19-26)41-18-17-40-30;/h11-16,19,23-24,28,33,38H,2-10,17-18,20-22H2,1H3,(H,34,37);1H4/t28-,33-;/m1./s1. The summed E-state index contributed by atoms with van der Waals surface area (Å²) in [5.41, 5.74) is 1.40. The second-order valence-electron chi connectivity index (χ2n) is 11.8. The van der Waals surface area contributed by atoms with Gasteiger partial charge < -0.3 is 29.5 Å². The van der Waals surface area contributed by atoms with E-state index in [9.17, 15) is 14.7 Å². The molecule has 42 heavy (non-hydrogen) atoms. The van der Waals surface area contributed by atoms with Crippen LogP contribution in [0.3, 0.4) is 0 Å². The van der Waals surface area contributed by atoms with Gasteiger partial charge in [0.2, 0.25) is 5.91 Å². The van der Waals surface area contributed by atoms with Crippen molar-refractivity contribution in [1.29, 1.82) is 0 Å². The summed E-state index contributed by atoms with van der Waals surface area (Å²) in [4.78, 5) is 28.0. The van der Waals surface area contributed by atoms with Crippen LogP contribution in [0, 0.1) is 11.8 Å². The van der Waals surface area contributed by atoms with E-state index < -0.39 is 12.1 Å². The number of fused-ring (bicyclic) bond motifs is 1. The fourth-order valence-corrected chi connectivity index (χ4v) is 5.48. The van der Waals surface area contributed by atoms with Crippen molar-refractivity contribution in [2.75, 3.05) is 40.0 Å². The number of nitrogens with zero attached hydrogens (tertiary/aromatic N) is 1. The molecule has 0 saturated heterocycles. The number of aliphatic hydroxyl groups is 1. The highest BCUT2D eigenvalue weighted by Gasteiger charge is 2.33. The molecule has 8 heteroatoms. The van der Waals surface area contributed by atoms with Crippen molar-refractivity contribution >= 4 is 11.7 Å². The minimum Gasteiger partial charge on any atom is -0.497 e. The van der Waals surface area contributed by atoms with Crippen LogP contribution in [0.4, 0.5) is 0 Å². The highest BCUT2D eigenvalue weighted by Crippen LogP contribution is 2.36. The van der Waals surface area contributed by atoms with Gasteiger partial charge in [-0.3, -0.25) is 9.59 Å². The maximum atomic E-state index is 13.1. The second kappa shape index (κ2) is 15.4. The summed E-state index contributed by atoms with van der Waals surface area (Å²) in [6.45, 7) is 3.66. The SMILES string of the molecule is C.COc1ccc(C(=O)CCCCCC(=O)N[C@H](CN(CC2CC2)CC2CC2)[C@H](O)c2ccc3c(c2)OCCO3)cc1. The molecule has 230 valence electrons. The Bertz CT molecular complexity index is 1150. The number of carbonyl (C=O) groups is 2. The summed E-state index contributed by atoms with van der Waals surface area (Å²) in [6.07, 6.45) is 7.25. The lowest BCUT2D eigenvalue weighted by molar-refractivity contribution is -0.123. The molecule has 5 rings (SSSR count). The number of hydrogen-bond donors (Lipinski definition) is 2. The summed E-state index contributed by atoms with van der Waals surface area (Å²) in [5, 5.41) is 14.7. The Morgan fingerprint density at radius 3 is 2.21 bits per heavy atom. The molecule has 2 aromatic carbocycles. The van der Waals surface area contributed by atoms with Gasteiger partial charge in [-0.2, -0.15) is 0 Å². The summed E-state index contributed by atoms with van der Waals surface area (Å²) >= 11 is 0. The first-order valence-corrected chi connectivity index (χ1v) is 15.2. The van der Waals surface area contributed by atoms with Crippen LogP contribution in [0.1, 0.15) is 87.2 Å². The van der Waals surface area contributed by atoms with E-state index in [1.807, 2.05) is 18.2 Å². The molecule has 0 bridgehead atoms. The number of benzene rings is 2. The van der Waals surface area contributed by atoms with Crippen LogP contribution in [-0.2, 0) is 4.79 Å². The molecular weight excluding hydrogens is 532 g/mol. The predicted octanol–water partition coefficient (Wildman–Crippen LogP) is 5.58. The summed E-state index contributed by atoms with van der Waals surface area (Å²) in [5.74, 6) is 3.55. The number of rotatable bonds is 17. The molecule has 1 aliphatic heterocycles. The maximum Gasteiger partial charge on any atom is 0.220 e. The molecule has 3 aliphatic rings. The van der Waals surface area contributed by atoms with Gasteiger partial charge in [-0.1, -0.05) is 19.9 Å². The van der Waals surface area contributed by atoms with Crippen LogP contribution in [0.5, 0.6) is 17.2 Å². The number of unbranched alkanes of at least 4 members (excludes halogenated alkanes) is 2. The molecule has 2 aliphatic carbocycles. The number of carbonyl (C=O) groups excluding carboxylic acids is 2. The zero-order valence-corrected chi connectivity index (χ0v) is 24.2. The van der Waals surface area contributed by atoms with Crippen molar-refractivity contribution in [2.45, 2.75) is 77.4 Å². The first-order valence-electron chi connectivity index (χ1n) is 15.2. The van der Waals surface area contributed by atoms with E-state index >= 15 is 0 Å². The zero-order chi connectivity index (χ0) is 28.6. The van der Waals surface area contributed by atoms with E-state index in [1.54, 1.807) is 31.4 Å². The second-order valence-corrected chi connectivity index (χ2v) is 11.8. The number of hydrogen-bond acceptors (Lipinski definition) is 7. The quantitative estimate of drug-likeness (QED) is 0.186. The zero-order valence-electron chi connectivity index (χ0n) is 24.2. The molecule has 2 atom stereocenters. The Hall–Kier alpha value is -3.10. The van der Waals surface area contributed by atoms with Crippen molar-refractivity contribution < 1.29 is 28.9 Å². The first-order chi connectivity index (χ1) is 20.0. The van der Waals surface area contributed by atoms with Crippen LogP contribution >= 0.6 is 0 Å². The number of ether oxygens (including phenoxy) is 3. The molecule has 2 saturated carbocycles. The van der Waals surface area contributed by atoms with Gasteiger partial charge in [0, 0.05) is 38.0 Å².